The molecule has 2 unspecified atom stereocenters. The Morgan fingerprint density at radius 2 is 2.07 bits per heavy atom. The quantitative estimate of drug-likeness (QED) is 0.685. The van der Waals surface area contributed by atoms with Gasteiger partial charge in [-0.25, -0.2) is 18.0 Å². The van der Waals surface area contributed by atoms with Gasteiger partial charge in [0.25, 0.3) is 5.92 Å². The second-order valence-corrected chi connectivity index (χ2v) is 7.97. The van der Waals surface area contributed by atoms with E-state index < -0.39 is 29.5 Å². The Bertz CT molecular complexity index is 746. The molecule has 0 aromatic heterocycles. The monoisotopic (exact) mass is 413 g/mol. The van der Waals surface area contributed by atoms with Gasteiger partial charge in [0.15, 0.2) is 0 Å². The molecule has 28 heavy (non-hydrogen) atoms. The van der Waals surface area contributed by atoms with Crippen molar-refractivity contribution in [3.05, 3.63) is 59.6 Å². The predicted molar refractivity (Wildman–Crippen MR) is 102 cm³/mol. The first kappa shape index (κ1) is 20.8. The normalized spacial score (nSPS) is 22.4. The zero-order valence-electron chi connectivity index (χ0n) is 15.2. The fourth-order valence-electron chi connectivity index (χ4n) is 3.28. The standard InChI is InChI=1S/C20H22F3NO3S/c21-15-7-5-14(6-8-15)20(22,23)9-12-28-18-17(19(25)26)4-1-10-24(18)13-16-3-2-11-27-16/h1,4-8,10,16,18H,2-3,9,11-13H2,(H,25,26). The number of hydrogen-bond acceptors (Lipinski definition) is 4. The van der Waals surface area contributed by atoms with E-state index in [1.807, 2.05) is 4.90 Å². The fourth-order valence-corrected chi connectivity index (χ4v) is 4.58. The maximum atomic E-state index is 14.4. The predicted octanol–water partition coefficient (Wildman–Crippen LogP) is 4.39. The maximum absolute atomic E-state index is 14.4. The van der Waals surface area contributed by atoms with Crippen molar-refractivity contribution in [2.24, 2.45) is 0 Å². The number of carboxylic acids is 1. The molecule has 2 aliphatic rings. The van der Waals surface area contributed by atoms with Crippen molar-refractivity contribution in [1.82, 2.24) is 4.90 Å². The molecule has 2 atom stereocenters. The van der Waals surface area contributed by atoms with Crippen molar-refractivity contribution in [3.8, 4) is 0 Å². The zero-order valence-corrected chi connectivity index (χ0v) is 16.0. The molecule has 0 bridgehead atoms. The topological polar surface area (TPSA) is 49.8 Å². The van der Waals surface area contributed by atoms with Crippen LogP contribution in [0.3, 0.4) is 0 Å². The molecular weight excluding hydrogens is 391 g/mol. The van der Waals surface area contributed by atoms with E-state index in [1.54, 1.807) is 12.3 Å². The molecule has 2 aliphatic heterocycles. The third kappa shape index (κ3) is 5.11. The molecule has 4 nitrogen and oxygen atoms in total. The van der Waals surface area contributed by atoms with E-state index in [9.17, 15) is 23.1 Å². The van der Waals surface area contributed by atoms with Gasteiger partial charge in [0.05, 0.1) is 11.7 Å². The van der Waals surface area contributed by atoms with Crippen LogP contribution in [0.5, 0.6) is 0 Å². The molecule has 0 amide bonds. The molecule has 1 aromatic carbocycles. The highest BCUT2D eigenvalue weighted by Crippen LogP contribution is 2.36. The molecule has 0 aliphatic carbocycles. The number of hydrogen-bond donors (Lipinski definition) is 1. The van der Waals surface area contributed by atoms with Crippen molar-refractivity contribution >= 4 is 17.7 Å². The number of rotatable bonds is 8. The minimum atomic E-state index is -3.11. The summed E-state index contributed by atoms with van der Waals surface area (Å²) in [6, 6.07) is 4.18. The van der Waals surface area contributed by atoms with E-state index in [0.29, 0.717) is 13.2 Å². The maximum Gasteiger partial charge on any atom is 0.334 e. The lowest BCUT2D eigenvalue weighted by Gasteiger charge is -2.34. The number of thioether (sulfide) groups is 1. The lowest BCUT2D eigenvalue weighted by atomic mass is 10.1. The Balaban J connectivity index is 1.64. The molecule has 0 saturated carbocycles. The smallest absolute Gasteiger partial charge is 0.334 e. The second kappa shape index (κ2) is 9.05. The van der Waals surface area contributed by atoms with Crippen LogP contribution in [-0.4, -0.2) is 46.4 Å². The molecular formula is C20H22F3NO3S. The molecule has 3 rings (SSSR count). The first-order chi connectivity index (χ1) is 13.4. The van der Waals surface area contributed by atoms with E-state index in [2.05, 4.69) is 0 Å². The van der Waals surface area contributed by atoms with E-state index in [1.165, 1.54) is 17.8 Å². The number of benzene rings is 1. The summed E-state index contributed by atoms with van der Waals surface area (Å²) in [5, 5.41) is 8.93. The average Bonchev–Trinajstić information content (AvgIpc) is 3.16. The molecule has 2 heterocycles. The molecule has 0 spiro atoms. The molecule has 8 heteroatoms. The number of halogens is 3. The van der Waals surface area contributed by atoms with Gasteiger partial charge in [-0.05, 0) is 37.1 Å². The van der Waals surface area contributed by atoms with Crippen molar-refractivity contribution < 1.29 is 27.8 Å². The van der Waals surface area contributed by atoms with Gasteiger partial charge in [0, 0.05) is 37.1 Å². The average molecular weight is 413 g/mol. The van der Waals surface area contributed by atoms with Crippen LogP contribution in [0.2, 0.25) is 0 Å². The van der Waals surface area contributed by atoms with Crippen molar-refractivity contribution in [3.63, 3.8) is 0 Å². The summed E-state index contributed by atoms with van der Waals surface area (Å²) in [4.78, 5) is 13.5. The van der Waals surface area contributed by atoms with Crippen LogP contribution in [-0.2, 0) is 15.5 Å². The largest absolute Gasteiger partial charge is 0.478 e. The second-order valence-electron chi connectivity index (χ2n) is 6.78. The minimum Gasteiger partial charge on any atom is -0.478 e. The van der Waals surface area contributed by atoms with Crippen LogP contribution in [0.1, 0.15) is 24.8 Å². The number of carbonyl (C=O) groups is 1. The van der Waals surface area contributed by atoms with Crippen LogP contribution < -0.4 is 0 Å². The Morgan fingerprint density at radius 3 is 2.71 bits per heavy atom. The Labute approximate surface area is 166 Å². The summed E-state index contributed by atoms with van der Waals surface area (Å²) < 4.78 is 47.4. The molecule has 152 valence electrons. The first-order valence-electron chi connectivity index (χ1n) is 9.11. The molecule has 1 aromatic rings. The SMILES string of the molecule is O=C(O)C1=CC=CN(CC2CCCO2)C1SCCC(F)(F)c1ccc(F)cc1. The summed E-state index contributed by atoms with van der Waals surface area (Å²) >= 11 is 1.17. The minimum absolute atomic E-state index is 0.0153. The van der Waals surface area contributed by atoms with Gasteiger partial charge in [-0.1, -0.05) is 12.1 Å². The van der Waals surface area contributed by atoms with Crippen molar-refractivity contribution in [2.45, 2.75) is 36.7 Å². The number of nitrogens with zero attached hydrogens (tertiary/aromatic N) is 1. The number of allylic oxidation sites excluding steroid dienone is 2. The van der Waals surface area contributed by atoms with Gasteiger partial charge < -0.3 is 14.7 Å². The Hall–Kier alpha value is -1.93. The highest BCUT2D eigenvalue weighted by Gasteiger charge is 2.34. The van der Waals surface area contributed by atoms with E-state index in [-0.39, 0.29) is 23.0 Å². The van der Waals surface area contributed by atoms with Crippen LogP contribution in [0.25, 0.3) is 0 Å². The van der Waals surface area contributed by atoms with Crippen LogP contribution in [0.4, 0.5) is 13.2 Å². The Kier molecular flexibility index (Phi) is 6.72. The van der Waals surface area contributed by atoms with Crippen molar-refractivity contribution in [2.75, 3.05) is 18.9 Å². The summed E-state index contributed by atoms with van der Waals surface area (Å²) in [5.74, 6) is -4.69. The third-order valence-corrected chi connectivity index (χ3v) is 6.04. The van der Waals surface area contributed by atoms with Gasteiger partial charge in [-0.15, -0.1) is 11.8 Å². The number of alkyl halides is 2. The lowest BCUT2D eigenvalue weighted by Crippen LogP contribution is -2.39. The summed E-state index contributed by atoms with van der Waals surface area (Å²) in [7, 11) is 0. The van der Waals surface area contributed by atoms with E-state index >= 15 is 0 Å². The fraction of sp³-hybridized carbons (Fsp3) is 0.450. The van der Waals surface area contributed by atoms with Gasteiger partial charge in [0.2, 0.25) is 0 Å². The highest BCUT2D eigenvalue weighted by atomic mass is 32.2. The third-order valence-electron chi connectivity index (χ3n) is 4.76. The summed E-state index contributed by atoms with van der Waals surface area (Å²) in [5.41, 5.74) is -0.0844. The number of aliphatic carboxylic acids is 1. The van der Waals surface area contributed by atoms with Crippen LogP contribution in [0.15, 0.2) is 48.2 Å². The van der Waals surface area contributed by atoms with Crippen LogP contribution in [0, 0.1) is 5.82 Å². The molecule has 1 N–H and O–H groups in total. The van der Waals surface area contributed by atoms with E-state index in [4.69, 9.17) is 4.74 Å². The van der Waals surface area contributed by atoms with Gasteiger partial charge in [-0.3, -0.25) is 0 Å². The number of ether oxygens (including phenoxy) is 1. The van der Waals surface area contributed by atoms with E-state index in [0.717, 1.165) is 37.1 Å². The van der Waals surface area contributed by atoms with Gasteiger partial charge in [0.1, 0.15) is 11.2 Å². The molecule has 1 saturated heterocycles. The molecule has 1 fully saturated rings. The van der Waals surface area contributed by atoms with Crippen LogP contribution >= 0.6 is 11.8 Å². The number of carboxylic acid groups (broad SMARTS) is 1. The van der Waals surface area contributed by atoms with Gasteiger partial charge >= 0.3 is 5.97 Å². The molecule has 0 radical (unpaired) electrons. The Morgan fingerprint density at radius 1 is 1.32 bits per heavy atom. The highest BCUT2D eigenvalue weighted by molar-refractivity contribution is 8.00. The lowest BCUT2D eigenvalue weighted by molar-refractivity contribution is -0.133. The zero-order chi connectivity index (χ0) is 20.1. The van der Waals surface area contributed by atoms with Crippen molar-refractivity contribution in [1.29, 1.82) is 0 Å². The first-order valence-corrected chi connectivity index (χ1v) is 10.2. The van der Waals surface area contributed by atoms with Gasteiger partial charge in [-0.2, -0.15) is 0 Å². The summed E-state index contributed by atoms with van der Waals surface area (Å²) in [6.07, 6.45) is 6.35. The summed E-state index contributed by atoms with van der Waals surface area (Å²) in [6.45, 7) is 1.21.